The first-order valence-electron chi connectivity index (χ1n) is 4.53. The second-order valence-electron chi connectivity index (χ2n) is 3.48. The van der Waals surface area contributed by atoms with Crippen LogP contribution in [0.1, 0.15) is 19.3 Å². The van der Waals surface area contributed by atoms with Gasteiger partial charge in [0.05, 0.1) is 12.6 Å². The van der Waals surface area contributed by atoms with Crippen molar-refractivity contribution >= 4 is 5.97 Å². The third kappa shape index (κ3) is 4.48. The molecule has 0 amide bonds. The molecule has 0 unspecified atom stereocenters. The quantitative estimate of drug-likeness (QED) is 0.656. The molecule has 72 valence electrons. The molecule has 1 aliphatic rings. The van der Waals surface area contributed by atoms with Gasteiger partial charge in [0.15, 0.2) is 0 Å². The Bertz CT molecular complexity index is 218. The minimum Gasteiger partial charge on any atom is -0.480 e. The van der Waals surface area contributed by atoms with Gasteiger partial charge in [0.1, 0.15) is 0 Å². The Kier molecular flexibility index (Phi) is 3.71. The van der Waals surface area contributed by atoms with Crippen LogP contribution in [0.3, 0.4) is 0 Å². The second-order valence-corrected chi connectivity index (χ2v) is 3.48. The molecule has 1 aliphatic carbocycles. The molecule has 0 aliphatic heterocycles. The van der Waals surface area contributed by atoms with Crippen molar-refractivity contribution < 1.29 is 9.90 Å². The van der Waals surface area contributed by atoms with Gasteiger partial charge in [0.2, 0.25) is 0 Å². The van der Waals surface area contributed by atoms with Crippen LogP contribution >= 0.6 is 0 Å². The van der Waals surface area contributed by atoms with E-state index in [-0.39, 0.29) is 6.54 Å². The van der Waals surface area contributed by atoms with E-state index in [1.807, 2.05) is 11.0 Å². The van der Waals surface area contributed by atoms with Crippen LogP contribution in [0.4, 0.5) is 0 Å². The maximum absolute atomic E-state index is 10.5. The van der Waals surface area contributed by atoms with E-state index in [4.69, 9.17) is 10.4 Å². The largest absolute Gasteiger partial charge is 0.480 e. The fourth-order valence-corrected chi connectivity index (χ4v) is 1.30. The van der Waals surface area contributed by atoms with Crippen molar-refractivity contribution in [1.82, 2.24) is 4.90 Å². The SMILES string of the molecule is N#CCCN(CC(=O)O)CC1CC1. The van der Waals surface area contributed by atoms with Crippen molar-refractivity contribution in [2.75, 3.05) is 19.6 Å². The fourth-order valence-electron chi connectivity index (χ4n) is 1.30. The third-order valence-corrected chi connectivity index (χ3v) is 2.11. The predicted molar refractivity (Wildman–Crippen MR) is 47.0 cm³/mol. The number of hydrogen-bond acceptors (Lipinski definition) is 3. The number of nitriles is 1. The molecule has 0 radical (unpaired) electrons. The number of carbonyl (C=O) groups is 1. The Morgan fingerprint density at radius 1 is 1.62 bits per heavy atom. The number of rotatable bonds is 6. The summed E-state index contributed by atoms with van der Waals surface area (Å²) in [6.07, 6.45) is 2.84. The molecule has 0 aromatic rings. The highest BCUT2D eigenvalue weighted by atomic mass is 16.4. The van der Waals surface area contributed by atoms with Gasteiger partial charge in [-0.15, -0.1) is 0 Å². The molecular weight excluding hydrogens is 168 g/mol. The van der Waals surface area contributed by atoms with Gasteiger partial charge in [-0.1, -0.05) is 0 Å². The molecular formula is C9H14N2O2. The summed E-state index contributed by atoms with van der Waals surface area (Å²) >= 11 is 0. The number of carboxylic acids is 1. The van der Waals surface area contributed by atoms with Gasteiger partial charge in [-0.2, -0.15) is 5.26 Å². The fraction of sp³-hybridized carbons (Fsp3) is 0.778. The molecule has 4 heteroatoms. The predicted octanol–water partition coefficient (Wildman–Crippen LogP) is 0.697. The van der Waals surface area contributed by atoms with Gasteiger partial charge >= 0.3 is 5.97 Å². The Morgan fingerprint density at radius 2 is 2.31 bits per heavy atom. The van der Waals surface area contributed by atoms with Crippen molar-refractivity contribution in [3.8, 4) is 6.07 Å². The summed E-state index contributed by atoms with van der Waals surface area (Å²) in [7, 11) is 0. The Morgan fingerprint density at radius 3 is 2.77 bits per heavy atom. The zero-order chi connectivity index (χ0) is 9.68. The van der Waals surface area contributed by atoms with Crippen LogP contribution in [0.2, 0.25) is 0 Å². The Balaban J connectivity index is 2.24. The first-order chi connectivity index (χ1) is 6.22. The minimum absolute atomic E-state index is 0.0676. The van der Waals surface area contributed by atoms with Crippen LogP contribution in [0.25, 0.3) is 0 Å². The van der Waals surface area contributed by atoms with Crippen molar-refractivity contribution in [3.63, 3.8) is 0 Å². The van der Waals surface area contributed by atoms with E-state index in [1.165, 1.54) is 12.8 Å². The highest BCUT2D eigenvalue weighted by molar-refractivity contribution is 5.69. The van der Waals surface area contributed by atoms with Crippen LogP contribution in [-0.2, 0) is 4.79 Å². The summed E-state index contributed by atoms with van der Waals surface area (Å²) in [5.74, 6) is -0.128. The highest BCUT2D eigenvalue weighted by Crippen LogP contribution is 2.29. The van der Waals surface area contributed by atoms with Gasteiger partial charge in [0.25, 0.3) is 0 Å². The topological polar surface area (TPSA) is 64.3 Å². The average Bonchev–Trinajstić information content (AvgIpc) is 2.83. The summed E-state index contributed by atoms with van der Waals surface area (Å²) in [6, 6.07) is 2.03. The highest BCUT2D eigenvalue weighted by Gasteiger charge is 2.24. The third-order valence-electron chi connectivity index (χ3n) is 2.11. The first-order valence-corrected chi connectivity index (χ1v) is 4.53. The number of hydrogen-bond donors (Lipinski definition) is 1. The number of aliphatic carboxylic acids is 1. The van der Waals surface area contributed by atoms with E-state index in [9.17, 15) is 4.79 Å². The standard InChI is InChI=1S/C9H14N2O2/c10-4-1-5-11(7-9(12)13)6-8-2-3-8/h8H,1-3,5-7H2,(H,12,13). The van der Waals surface area contributed by atoms with Crippen LogP contribution in [0.15, 0.2) is 0 Å². The molecule has 1 N–H and O–H groups in total. The minimum atomic E-state index is -0.807. The molecule has 1 rings (SSSR count). The van der Waals surface area contributed by atoms with Crippen LogP contribution in [-0.4, -0.2) is 35.6 Å². The maximum Gasteiger partial charge on any atom is 0.317 e. The molecule has 4 nitrogen and oxygen atoms in total. The zero-order valence-corrected chi connectivity index (χ0v) is 7.57. The second kappa shape index (κ2) is 4.83. The lowest BCUT2D eigenvalue weighted by Crippen LogP contribution is -2.32. The van der Waals surface area contributed by atoms with E-state index < -0.39 is 5.97 Å². The van der Waals surface area contributed by atoms with E-state index in [2.05, 4.69) is 0 Å². The van der Waals surface area contributed by atoms with Gasteiger partial charge in [0, 0.05) is 19.5 Å². The van der Waals surface area contributed by atoms with Crippen molar-refractivity contribution in [1.29, 1.82) is 5.26 Å². The van der Waals surface area contributed by atoms with Gasteiger partial charge in [-0.3, -0.25) is 9.69 Å². The van der Waals surface area contributed by atoms with Crippen molar-refractivity contribution in [2.45, 2.75) is 19.3 Å². The summed E-state index contributed by atoms with van der Waals surface area (Å²) in [6.45, 7) is 1.49. The van der Waals surface area contributed by atoms with Gasteiger partial charge in [-0.05, 0) is 18.8 Å². The van der Waals surface area contributed by atoms with Crippen LogP contribution in [0, 0.1) is 17.2 Å². The molecule has 0 aromatic heterocycles. The number of nitrogens with zero attached hydrogens (tertiary/aromatic N) is 2. The van der Waals surface area contributed by atoms with Crippen LogP contribution in [0.5, 0.6) is 0 Å². The van der Waals surface area contributed by atoms with Gasteiger partial charge in [-0.25, -0.2) is 0 Å². The van der Waals surface area contributed by atoms with Crippen molar-refractivity contribution in [2.24, 2.45) is 5.92 Å². The summed E-state index contributed by atoms with van der Waals surface area (Å²) in [4.78, 5) is 12.3. The lowest BCUT2D eigenvalue weighted by molar-refractivity contribution is -0.138. The van der Waals surface area contributed by atoms with E-state index >= 15 is 0 Å². The molecule has 0 heterocycles. The van der Waals surface area contributed by atoms with E-state index in [0.717, 1.165) is 6.54 Å². The average molecular weight is 182 g/mol. The van der Waals surface area contributed by atoms with E-state index in [0.29, 0.717) is 18.9 Å². The molecule has 0 spiro atoms. The molecule has 13 heavy (non-hydrogen) atoms. The Hall–Kier alpha value is -1.08. The summed E-state index contributed by atoms with van der Waals surface area (Å²) in [5, 5.41) is 17.0. The lowest BCUT2D eigenvalue weighted by atomic mass is 10.3. The zero-order valence-electron chi connectivity index (χ0n) is 7.57. The van der Waals surface area contributed by atoms with Gasteiger partial charge < -0.3 is 5.11 Å². The van der Waals surface area contributed by atoms with Crippen LogP contribution < -0.4 is 0 Å². The molecule has 0 bridgehead atoms. The molecule has 1 saturated carbocycles. The lowest BCUT2D eigenvalue weighted by Gasteiger charge is -2.17. The monoisotopic (exact) mass is 182 g/mol. The maximum atomic E-state index is 10.5. The summed E-state index contributed by atoms with van der Waals surface area (Å²) < 4.78 is 0. The Labute approximate surface area is 77.8 Å². The number of carboxylic acid groups (broad SMARTS) is 1. The molecule has 1 fully saturated rings. The molecule has 0 saturated heterocycles. The first kappa shape index (κ1) is 10.0. The smallest absolute Gasteiger partial charge is 0.317 e. The molecule has 0 atom stereocenters. The van der Waals surface area contributed by atoms with Crippen molar-refractivity contribution in [3.05, 3.63) is 0 Å². The normalized spacial score (nSPS) is 15.7. The molecule has 0 aromatic carbocycles. The van der Waals surface area contributed by atoms with E-state index in [1.54, 1.807) is 0 Å². The summed E-state index contributed by atoms with van der Waals surface area (Å²) in [5.41, 5.74) is 0.